The highest BCUT2D eigenvalue weighted by molar-refractivity contribution is 5.83. The summed E-state index contributed by atoms with van der Waals surface area (Å²) in [6.45, 7) is 6.62. The van der Waals surface area contributed by atoms with Gasteiger partial charge in [-0.1, -0.05) is 43.3 Å². The highest BCUT2D eigenvalue weighted by atomic mass is 16.7. The first-order valence-corrected chi connectivity index (χ1v) is 9.69. The van der Waals surface area contributed by atoms with E-state index in [-0.39, 0.29) is 11.8 Å². The van der Waals surface area contributed by atoms with Crippen molar-refractivity contribution in [3.63, 3.8) is 0 Å². The fourth-order valence-electron chi connectivity index (χ4n) is 3.88. The molecule has 2 aromatic rings. The van der Waals surface area contributed by atoms with Crippen LogP contribution in [0.5, 0.6) is 11.5 Å². The number of amides is 1. The number of ether oxygens (including phenoxy) is 2. The SMILES string of the molecule is CC[C@H](C(=O)N1CCN(Cc2ccc3c(c2)OCO3)CC1)c1ccccc1. The highest BCUT2D eigenvalue weighted by Gasteiger charge is 2.27. The third kappa shape index (κ3) is 3.93. The van der Waals surface area contributed by atoms with E-state index < -0.39 is 0 Å². The quantitative estimate of drug-likeness (QED) is 0.815. The number of fused-ring (bicyclic) bond motifs is 1. The van der Waals surface area contributed by atoms with Gasteiger partial charge in [-0.3, -0.25) is 9.69 Å². The van der Waals surface area contributed by atoms with Crippen LogP contribution in [-0.4, -0.2) is 48.7 Å². The Labute approximate surface area is 160 Å². The molecule has 1 saturated heterocycles. The first-order chi connectivity index (χ1) is 13.2. The van der Waals surface area contributed by atoms with Gasteiger partial charge in [-0.25, -0.2) is 0 Å². The second-order valence-corrected chi connectivity index (χ2v) is 7.16. The molecule has 0 radical (unpaired) electrons. The van der Waals surface area contributed by atoms with E-state index in [0.717, 1.165) is 56.2 Å². The summed E-state index contributed by atoms with van der Waals surface area (Å²) in [5.74, 6) is 1.87. The zero-order valence-electron chi connectivity index (χ0n) is 15.8. The molecule has 0 aliphatic carbocycles. The predicted octanol–water partition coefficient (Wildman–Crippen LogP) is 3.25. The topological polar surface area (TPSA) is 42.0 Å². The van der Waals surface area contributed by atoms with E-state index in [1.165, 1.54) is 5.56 Å². The lowest BCUT2D eigenvalue weighted by atomic mass is 9.95. The Morgan fingerprint density at radius 1 is 1.00 bits per heavy atom. The van der Waals surface area contributed by atoms with Gasteiger partial charge in [-0.05, 0) is 29.7 Å². The molecule has 1 atom stereocenters. The van der Waals surface area contributed by atoms with E-state index in [4.69, 9.17) is 9.47 Å². The van der Waals surface area contributed by atoms with E-state index in [1.807, 2.05) is 29.2 Å². The van der Waals surface area contributed by atoms with Crippen molar-refractivity contribution in [3.05, 3.63) is 59.7 Å². The van der Waals surface area contributed by atoms with Gasteiger partial charge in [0.15, 0.2) is 11.5 Å². The molecule has 0 unspecified atom stereocenters. The Kier molecular flexibility index (Phi) is 5.30. The summed E-state index contributed by atoms with van der Waals surface area (Å²) in [4.78, 5) is 17.4. The molecule has 1 fully saturated rings. The minimum Gasteiger partial charge on any atom is -0.454 e. The summed E-state index contributed by atoms with van der Waals surface area (Å²) in [7, 11) is 0. The van der Waals surface area contributed by atoms with Crippen LogP contribution in [0.15, 0.2) is 48.5 Å². The Morgan fingerprint density at radius 2 is 1.74 bits per heavy atom. The first kappa shape index (κ1) is 17.9. The molecule has 142 valence electrons. The van der Waals surface area contributed by atoms with Gasteiger partial charge < -0.3 is 14.4 Å². The monoisotopic (exact) mass is 366 g/mol. The van der Waals surface area contributed by atoms with E-state index in [9.17, 15) is 4.79 Å². The molecule has 0 bridgehead atoms. The van der Waals surface area contributed by atoms with Crippen LogP contribution in [0.25, 0.3) is 0 Å². The van der Waals surface area contributed by atoms with Crippen molar-refractivity contribution in [3.8, 4) is 11.5 Å². The Balaban J connectivity index is 1.34. The molecule has 27 heavy (non-hydrogen) atoms. The van der Waals surface area contributed by atoms with Gasteiger partial charge in [0.05, 0.1) is 5.92 Å². The summed E-state index contributed by atoms with van der Waals surface area (Å²) in [6, 6.07) is 16.3. The molecule has 0 spiro atoms. The molecule has 0 N–H and O–H groups in total. The number of hydrogen-bond donors (Lipinski definition) is 0. The van der Waals surface area contributed by atoms with Crippen LogP contribution in [0.1, 0.15) is 30.4 Å². The standard InChI is InChI=1S/C22H26N2O3/c1-2-19(18-6-4-3-5-7-18)22(25)24-12-10-23(11-13-24)15-17-8-9-20-21(14-17)27-16-26-20/h3-9,14,19H,2,10-13,15-16H2,1H3/t19-/m0/s1. The molecule has 2 aromatic carbocycles. The third-order valence-corrected chi connectivity index (χ3v) is 5.44. The zero-order valence-corrected chi connectivity index (χ0v) is 15.8. The van der Waals surface area contributed by atoms with E-state index in [1.54, 1.807) is 0 Å². The molecule has 1 amide bonds. The summed E-state index contributed by atoms with van der Waals surface area (Å²) in [6.07, 6.45) is 0.834. The molecule has 4 rings (SSSR count). The number of nitrogens with zero attached hydrogens (tertiary/aromatic N) is 2. The fourth-order valence-corrected chi connectivity index (χ4v) is 3.88. The van der Waals surface area contributed by atoms with Crippen molar-refractivity contribution in [1.82, 2.24) is 9.80 Å². The van der Waals surface area contributed by atoms with Crippen LogP contribution in [0.2, 0.25) is 0 Å². The molecule has 2 aliphatic heterocycles. The summed E-state index contributed by atoms with van der Waals surface area (Å²) in [5, 5.41) is 0. The third-order valence-electron chi connectivity index (χ3n) is 5.44. The molecule has 0 aromatic heterocycles. The summed E-state index contributed by atoms with van der Waals surface area (Å²) >= 11 is 0. The Hall–Kier alpha value is -2.53. The summed E-state index contributed by atoms with van der Waals surface area (Å²) < 4.78 is 10.8. The van der Waals surface area contributed by atoms with Crippen molar-refractivity contribution in [2.24, 2.45) is 0 Å². The maximum atomic E-state index is 13.0. The maximum absolute atomic E-state index is 13.0. The molecule has 0 saturated carbocycles. The molecular formula is C22H26N2O3. The van der Waals surface area contributed by atoms with Crippen LogP contribution in [0.3, 0.4) is 0 Å². The number of hydrogen-bond acceptors (Lipinski definition) is 4. The number of benzene rings is 2. The molecular weight excluding hydrogens is 340 g/mol. The van der Waals surface area contributed by atoms with Gasteiger partial charge in [0.2, 0.25) is 12.7 Å². The molecule has 5 nitrogen and oxygen atoms in total. The lowest BCUT2D eigenvalue weighted by Gasteiger charge is -2.36. The van der Waals surface area contributed by atoms with Crippen molar-refractivity contribution in [2.75, 3.05) is 33.0 Å². The van der Waals surface area contributed by atoms with Gasteiger partial charge in [0.25, 0.3) is 0 Å². The van der Waals surface area contributed by atoms with Gasteiger partial charge in [-0.15, -0.1) is 0 Å². The van der Waals surface area contributed by atoms with Crippen molar-refractivity contribution in [1.29, 1.82) is 0 Å². The van der Waals surface area contributed by atoms with E-state index in [0.29, 0.717) is 6.79 Å². The van der Waals surface area contributed by atoms with Crippen LogP contribution in [0.4, 0.5) is 0 Å². The highest BCUT2D eigenvalue weighted by Crippen LogP contribution is 2.33. The smallest absolute Gasteiger partial charge is 0.231 e. The fraction of sp³-hybridized carbons (Fsp3) is 0.409. The second-order valence-electron chi connectivity index (χ2n) is 7.16. The molecule has 2 heterocycles. The Bertz CT molecular complexity index is 785. The van der Waals surface area contributed by atoms with E-state index >= 15 is 0 Å². The van der Waals surface area contributed by atoms with Crippen LogP contribution in [0, 0.1) is 0 Å². The van der Waals surface area contributed by atoms with Crippen LogP contribution >= 0.6 is 0 Å². The number of piperazine rings is 1. The lowest BCUT2D eigenvalue weighted by Crippen LogP contribution is -2.49. The number of carbonyl (C=O) groups is 1. The normalized spacial score (nSPS) is 17.7. The predicted molar refractivity (Wildman–Crippen MR) is 104 cm³/mol. The van der Waals surface area contributed by atoms with Gasteiger partial charge in [0.1, 0.15) is 0 Å². The minimum atomic E-state index is -0.0355. The minimum absolute atomic E-state index is 0.0355. The second kappa shape index (κ2) is 8.01. The van der Waals surface area contributed by atoms with Crippen molar-refractivity contribution < 1.29 is 14.3 Å². The molecule has 5 heteroatoms. The average molecular weight is 366 g/mol. The maximum Gasteiger partial charge on any atom is 0.231 e. The lowest BCUT2D eigenvalue weighted by molar-refractivity contribution is -0.134. The average Bonchev–Trinajstić information content (AvgIpc) is 3.18. The number of rotatable bonds is 5. The van der Waals surface area contributed by atoms with Crippen molar-refractivity contribution >= 4 is 5.91 Å². The van der Waals surface area contributed by atoms with Gasteiger partial charge >= 0.3 is 0 Å². The Morgan fingerprint density at radius 3 is 2.48 bits per heavy atom. The first-order valence-electron chi connectivity index (χ1n) is 9.69. The largest absolute Gasteiger partial charge is 0.454 e. The van der Waals surface area contributed by atoms with Crippen LogP contribution < -0.4 is 9.47 Å². The van der Waals surface area contributed by atoms with Gasteiger partial charge in [0, 0.05) is 32.7 Å². The van der Waals surface area contributed by atoms with Crippen LogP contribution in [-0.2, 0) is 11.3 Å². The van der Waals surface area contributed by atoms with E-state index in [2.05, 4.69) is 36.1 Å². The van der Waals surface area contributed by atoms with Crippen molar-refractivity contribution in [2.45, 2.75) is 25.8 Å². The summed E-state index contributed by atoms with van der Waals surface area (Å²) in [5.41, 5.74) is 2.34. The zero-order chi connectivity index (χ0) is 18.6. The number of carbonyl (C=O) groups excluding carboxylic acids is 1. The van der Waals surface area contributed by atoms with Gasteiger partial charge in [-0.2, -0.15) is 0 Å². The molecule has 2 aliphatic rings.